The van der Waals surface area contributed by atoms with Crippen molar-refractivity contribution in [1.82, 2.24) is 4.98 Å². The van der Waals surface area contributed by atoms with Crippen molar-refractivity contribution in [3.8, 4) is 17.0 Å². The number of carbonyl (C=O) groups is 2. The highest BCUT2D eigenvalue weighted by Crippen LogP contribution is 2.32. The van der Waals surface area contributed by atoms with Crippen molar-refractivity contribution in [2.75, 3.05) is 10.6 Å². The first kappa shape index (κ1) is 24.0. The molecule has 11 heteroatoms. The summed E-state index contributed by atoms with van der Waals surface area (Å²) in [5.41, 5.74) is 0.436. The van der Waals surface area contributed by atoms with E-state index in [0.29, 0.717) is 5.69 Å². The van der Waals surface area contributed by atoms with E-state index in [4.69, 9.17) is 11.6 Å². The number of nitrogens with zero attached hydrogens (tertiary/aromatic N) is 1. The predicted octanol–water partition coefficient (Wildman–Crippen LogP) is 5.60. The van der Waals surface area contributed by atoms with Crippen molar-refractivity contribution >= 4 is 34.8 Å². The molecule has 2 amide bonds. The van der Waals surface area contributed by atoms with Crippen LogP contribution in [-0.2, 0) is 4.79 Å². The highest BCUT2D eigenvalue weighted by molar-refractivity contribution is 6.32. The molecule has 1 atom stereocenters. The maximum atomic E-state index is 13.9. The first-order valence-corrected chi connectivity index (χ1v) is 9.84. The molecule has 0 saturated carbocycles. The number of aromatic nitrogens is 1. The standard InChI is InChI=1S/C22H16ClF4N3O3/c1-12(23)20(31)30-18-10-13(6-9-19(18)33-22(25,26)27)21(32)29-14-7-8-17(28-11-14)15-4-2-3-5-16(15)24/h2-12H,1H3,(H,29,32)(H,30,31). The lowest BCUT2D eigenvalue weighted by Crippen LogP contribution is -2.23. The van der Waals surface area contributed by atoms with E-state index in [1.54, 1.807) is 18.2 Å². The van der Waals surface area contributed by atoms with Crippen molar-refractivity contribution in [2.24, 2.45) is 0 Å². The Morgan fingerprint density at radius 3 is 2.39 bits per heavy atom. The summed E-state index contributed by atoms with van der Waals surface area (Å²) in [6.45, 7) is 1.33. The van der Waals surface area contributed by atoms with Crippen molar-refractivity contribution in [2.45, 2.75) is 18.7 Å². The summed E-state index contributed by atoms with van der Waals surface area (Å²) in [4.78, 5) is 28.6. The van der Waals surface area contributed by atoms with Gasteiger partial charge in [-0.05, 0) is 49.4 Å². The average Bonchev–Trinajstić information content (AvgIpc) is 2.75. The lowest BCUT2D eigenvalue weighted by molar-refractivity contribution is -0.274. The Kier molecular flexibility index (Phi) is 7.17. The number of pyridine rings is 1. The van der Waals surface area contributed by atoms with Gasteiger partial charge < -0.3 is 15.4 Å². The molecule has 0 aliphatic carbocycles. The molecule has 1 heterocycles. The van der Waals surface area contributed by atoms with Crippen molar-refractivity contribution < 1.29 is 31.9 Å². The molecule has 0 aliphatic rings. The molecule has 2 aromatic carbocycles. The second-order valence-corrected chi connectivity index (χ2v) is 7.38. The normalized spacial score (nSPS) is 12.1. The third-order valence-electron chi connectivity index (χ3n) is 4.26. The van der Waals surface area contributed by atoms with Crippen molar-refractivity contribution in [1.29, 1.82) is 0 Å². The zero-order chi connectivity index (χ0) is 24.2. The van der Waals surface area contributed by atoms with Crippen LogP contribution in [0.2, 0.25) is 0 Å². The van der Waals surface area contributed by atoms with Gasteiger partial charge in [0.25, 0.3) is 5.91 Å². The Morgan fingerprint density at radius 1 is 1.06 bits per heavy atom. The molecule has 3 rings (SSSR count). The van der Waals surface area contributed by atoms with Crippen LogP contribution in [0.3, 0.4) is 0 Å². The number of ether oxygens (including phenoxy) is 1. The quantitative estimate of drug-likeness (QED) is 0.354. The smallest absolute Gasteiger partial charge is 0.404 e. The number of carbonyl (C=O) groups excluding carboxylic acids is 2. The Labute approximate surface area is 190 Å². The van der Waals surface area contributed by atoms with Gasteiger partial charge in [-0.15, -0.1) is 24.8 Å². The molecule has 6 nitrogen and oxygen atoms in total. The minimum absolute atomic E-state index is 0.0692. The van der Waals surface area contributed by atoms with Crippen molar-refractivity contribution in [3.63, 3.8) is 0 Å². The lowest BCUT2D eigenvalue weighted by Gasteiger charge is -2.16. The highest BCUT2D eigenvalue weighted by Gasteiger charge is 2.32. The number of rotatable bonds is 6. The number of hydrogen-bond acceptors (Lipinski definition) is 4. The molecule has 0 aliphatic heterocycles. The number of anilines is 2. The van der Waals surface area contributed by atoms with E-state index in [1.807, 2.05) is 0 Å². The minimum atomic E-state index is -5.01. The average molecular weight is 482 g/mol. The number of alkyl halides is 4. The molecule has 1 unspecified atom stereocenters. The number of nitrogens with one attached hydrogen (secondary N) is 2. The van der Waals surface area contributed by atoms with Crippen LogP contribution in [0.5, 0.6) is 5.75 Å². The molecule has 2 N–H and O–H groups in total. The Hall–Kier alpha value is -3.66. The van der Waals surface area contributed by atoms with E-state index < -0.39 is 35.1 Å². The summed E-state index contributed by atoms with van der Waals surface area (Å²) in [5.74, 6) is -2.64. The first-order valence-electron chi connectivity index (χ1n) is 9.40. The van der Waals surface area contributed by atoms with E-state index in [2.05, 4.69) is 20.4 Å². The third kappa shape index (κ3) is 6.42. The molecule has 3 aromatic rings. The Morgan fingerprint density at radius 2 is 1.79 bits per heavy atom. The van der Waals surface area contributed by atoms with Gasteiger partial charge in [-0.25, -0.2) is 4.39 Å². The molecule has 0 radical (unpaired) electrons. The SMILES string of the molecule is CC(Cl)C(=O)Nc1cc(C(=O)Nc2ccc(-c3ccccc3F)nc2)ccc1OC(F)(F)F. The molecular formula is C22H16ClF4N3O3. The van der Waals surface area contributed by atoms with Gasteiger partial charge in [0.15, 0.2) is 5.75 Å². The van der Waals surface area contributed by atoms with Gasteiger partial charge in [-0.2, -0.15) is 0 Å². The number of benzene rings is 2. The molecule has 0 saturated heterocycles. The topological polar surface area (TPSA) is 80.3 Å². The van der Waals surface area contributed by atoms with E-state index in [9.17, 15) is 27.2 Å². The Balaban J connectivity index is 1.81. The van der Waals surface area contributed by atoms with Crippen LogP contribution in [-0.4, -0.2) is 28.5 Å². The van der Waals surface area contributed by atoms with Gasteiger partial charge in [-0.3, -0.25) is 14.6 Å². The zero-order valence-corrected chi connectivity index (χ0v) is 17.7. The highest BCUT2D eigenvalue weighted by atomic mass is 35.5. The summed E-state index contributed by atoms with van der Waals surface area (Å²) in [6, 6.07) is 12.1. The van der Waals surface area contributed by atoms with Crippen LogP contribution in [0.1, 0.15) is 17.3 Å². The Bertz CT molecular complexity index is 1170. The molecule has 33 heavy (non-hydrogen) atoms. The van der Waals surface area contributed by atoms with Gasteiger partial charge >= 0.3 is 6.36 Å². The second kappa shape index (κ2) is 9.86. The minimum Gasteiger partial charge on any atom is -0.404 e. The fraction of sp³-hybridized carbons (Fsp3) is 0.136. The van der Waals surface area contributed by atoms with E-state index in [0.717, 1.165) is 18.2 Å². The molecule has 172 valence electrons. The second-order valence-electron chi connectivity index (χ2n) is 6.73. The van der Waals surface area contributed by atoms with Crippen LogP contribution in [0.15, 0.2) is 60.8 Å². The van der Waals surface area contributed by atoms with E-state index >= 15 is 0 Å². The maximum absolute atomic E-state index is 13.9. The van der Waals surface area contributed by atoms with Crippen LogP contribution >= 0.6 is 11.6 Å². The van der Waals surface area contributed by atoms with Gasteiger partial charge in [0, 0.05) is 11.1 Å². The molecule has 0 spiro atoms. The number of amides is 2. The van der Waals surface area contributed by atoms with Gasteiger partial charge in [0.2, 0.25) is 5.91 Å². The van der Waals surface area contributed by atoms with Gasteiger partial charge in [0.1, 0.15) is 11.2 Å². The largest absolute Gasteiger partial charge is 0.573 e. The summed E-state index contributed by atoms with van der Waals surface area (Å²) < 4.78 is 55.8. The molecule has 0 bridgehead atoms. The van der Waals surface area contributed by atoms with E-state index in [-0.39, 0.29) is 22.5 Å². The summed E-state index contributed by atoms with van der Waals surface area (Å²) in [6.07, 6.45) is -3.71. The predicted molar refractivity (Wildman–Crippen MR) is 115 cm³/mol. The monoisotopic (exact) mass is 481 g/mol. The number of hydrogen-bond donors (Lipinski definition) is 2. The van der Waals surface area contributed by atoms with E-state index in [1.165, 1.54) is 31.3 Å². The molecule has 0 fully saturated rings. The van der Waals surface area contributed by atoms with Crippen LogP contribution in [0, 0.1) is 5.82 Å². The molecule has 1 aromatic heterocycles. The van der Waals surface area contributed by atoms with Crippen LogP contribution in [0.25, 0.3) is 11.3 Å². The zero-order valence-electron chi connectivity index (χ0n) is 16.9. The lowest BCUT2D eigenvalue weighted by atomic mass is 10.1. The van der Waals surface area contributed by atoms with Crippen LogP contribution < -0.4 is 15.4 Å². The van der Waals surface area contributed by atoms with Crippen molar-refractivity contribution in [3.05, 3.63) is 72.2 Å². The summed E-state index contributed by atoms with van der Waals surface area (Å²) in [7, 11) is 0. The van der Waals surface area contributed by atoms with Gasteiger partial charge in [-0.1, -0.05) is 12.1 Å². The fourth-order valence-electron chi connectivity index (χ4n) is 2.71. The van der Waals surface area contributed by atoms with Gasteiger partial charge in [0.05, 0.1) is 23.3 Å². The summed E-state index contributed by atoms with van der Waals surface area (Å²) >= 11 is 5.66. The summed E-state index contributed by atoms with van der Waals surface area (Å²) in [5, 5.41) is 3.68. The first-order chi connectivity index (χ1) is 15.5. The maximum Gasteiger partial charge on any atom is 0.573 e. The fourth-order valence-corrected chi connectivity index (χ4v) is 2.77. The third-order valence-corrected chi connectivity index (χ3v) is 4.46. The number of halogens is 5. The molecular weight excluding hydrogens is 466 g/mol. The van der Waals surface area contributed by atoms with Crippen LogP contribution in [0.4, 0.5) is 28.9 Å².